The molecule has 2 aromatic heterocycles. The van der Waals surface area contributed by atoms with E-state index in [1.54, 1.807) is 48.8 Å². The summed E-state index contributed by atoms with van der Waals surface area (Å²) in [5, 5.41) is 9.43. The van der Waals surface area contributed by atoms with Crippen molar-refractivity contribution < 1.29 is 31.6 Å². The van der Waals surface area contributed by atoms with Crippen molar-refractivity contribution in [2.75, 3.05) is 0 Å². The molecular formula is C21H16F3N4O3S+. The molecule has 32 heavy (non-hydrogen) atoms. The summed E-state index contributed by atoms with van der Waals surface area (Å²) in [5.41, 5.74) is 0.331. The summed E-state index contributed by atoms with van der Waals surface area (Å²) in [4.78, 5) is 8.27. The van der Waals surface area contributed by atoms with Crippen molar-refractivity contribution >= 4 is 26.9 Å². The van der Waals surface area contributed by atoms with Gasteiger partial charge in [-0.25, -0.2) is 9.19 Å². The van der Waals surface area contributed by atoms with Gasteiger partial charge in [-0.05, 0) is 47.4 Å². The normalized spacial score (nSPS) is 13.7. The Morgan fingerprint density at radius 1 is 1.00 bits per heavy atom. The van der Waals surface area contributed by atoms with Gasteiger partial charge in [-0.2, -0.15) is 17.7 Å². The minimum absolute atomic E-state index is 0.0766. The first-order valence-corrected chi connectivity index (χ1v) is 10.7. The number of hydrogen-bond donors (Lipinski definition) is 2. The number of aliphatic hydroxyl groups excluding tert-OH is 1. The van der Waals surface area contributed by atoms with Crippen molar-refractivity contribution in [3.63, 3.8) is 0 Å². The number of aromatic nitrogens is 3. The van der Waals surface area contributed by atoms with Crippen LogP contribution in [0.25, 0.3) is 16.9 Å². The number of alkyl halides is 3. The molecule has 2 aromatic carbocycles. The maximum Gasteiger partial charge on any atom is 0.416 e. The molecular weight excluding hydrogens is 445 g/mol. The Bertz CT molecular complexity index is 1430. The van der Waals surface area contributed by atoms with Crippen LogP contribution < -0.4 is 4.57 Å². The maximum atomic E-state index is 13.1. The molecule has 0 amide bonds. The van der Waals surface area contributed by atoms with Gasteiger partial charge >= 0.3 is 12.0 Å². The lowest BCUT2D eigenvalue weighted by Gasteiger charge is -2.09. The van der Waals surface area contributed by atoms with Gasteiger partial charge in [-0.15, -0.1) is 4.36 Å². The molecule has 0 saturated heterocycles. The molecule has 11 heteroatoms. The van der Waals surface area contributed by atoms with E-state index < -0.39 is 26.6 Å². The van der Waals surface area contributed by atoms with E-state index in [-0.39, 0.29) is 18.2 Å². The number of hydrogen-bond acceptors (Lipinski definition) is 5. The maximum absolute atomic E-state index is 13.1. The highest BCUT2D eigenvalue weighted by molar-refractivity contribution is 7.88. The fourth-order valence-electron chi connectivity index (χ4n) is 2.97. The van der Waals surface area contributed by atoms with E-state index in [4.69, 9.17) is 0 Å². The summed E-state index contributed by atoms with van der Waals surface area (Å²) in [6.45, 7) is -0.255. The lowest BCUT2D eigenvalue weighted by Crippen LogP contribution is -2.32. The van der Waals surface area contributed by atoms with Gasteiger partial charge in [0.25, 0.3) is 5.82 Å². The molecule has 164 valence electrons. The minimum Gasteiger partial charge on any atom is -0.392 e. The van der Waals surface area contributed by atoms with E-state index in [2.05, 4.69) is 14.3 Å². The van der Waals surface area contributed by atoms with E-state index in [1.807, 2.05) is 0 Å². The number of nitrogens with zero attached hydrogens (tertiary/aromatic N) is 4. The third-order valence-electron chi connectivity index (χ3n) is 4.50. The molecule has 0 aliphatic rings. The molecule has 1 atom stereocenters. The van der Waals surface area contributed by atoms with Crippen LogP contribution in [0.5, 0.6) is 0 Å². The third kappa shape index (κ3) is 4.44. The quantitative estimate of drug-likeness (QED) is 0.447. The van der Waals surface area contributed by atoms with Crippen molar-refractivity contribution in [2.24, 2.45) is 4.36 Å². The highest BCUT2D eigenvalue weighted by Crippen LogP contribution is 2.31. The van der Waals surface area contributed by atoms with E-state index in [1.165, 1.54) is 4.57 Å². The van der Waals surface area contributed by atoms with E-state index in [9.17, 15) is 27.0 Å². The molecule has 4 aromatic rings. The van der Waals surface area contributed by atoms with E-state index in [0.717, 1.165) is 18.2 Å². The number of rotatable bonds is 4. The summed E-state index contributed by atoms with van der Waals surface area (Å²) in [7, 11) is -4.30. The van der Waals surface area contributed by atoms with Gasteiger partial charge in [0.15, 0.2) is 10.0 Å². The zero-order valence-corrected chi connectivity index (χ0v) is 17.1. The van der Waals surface area contributed by atoms with Crippen molar-refractivity contribution in [2.45, 2.75) is 17.7 Å². The van der Waals surface area contributed by atoms with Gasteiger partial charge in [-0.3, -0.25) is 4.55 Å². The van der Waals surface area contributed by atoms with Gasteiger partial charge in [-0.1, -0.05) is 18.2 Å². The summed E-state index contributed by atoms with van der Waals surface area (Å²) < 4.78 is 68.0. The van der Waals surface area contributed by atoms with Crippen molar-refractivity contribution in [1.82, 2.24) is 9.97 Å². The predicted octanol–water partition coefficient (Wildman–Crippen LogP) is 4.05. The molecule has 1 unspecified atom stereocenters. The largest absolute Gasteiger partial charge is 0.416 e. The fourth-order valence-corrected chi connectivity index (χ4v) is 3.97. The molecule has 0 saturated carbocycles. The first-order chi connectivity index (χ1) is 15.2. The first-order valence-electron chi connectivity index (χ1n) is 9.22. The SMILES string of the molecule is O=S(O)(=Nc1nc2ccccc2nc1-[n+]1cccc(CO)c1)c1cccc(C(F)(F)F)c1. The minimum atomic E-state index is -4.68. The van der Waals surface area contributed by atoms with Crippen LogP contribution in [0.3, 0.4) is 0 Å². The molecule has 2 heterocycles. The first kappa shape index (κ1) is 21.8. The predicted molar refractivity (Wildman–Crippen MR) is 110 cm³/mol. The van der Waals surface area contributed by atoms with E-state index >= 15 is 0 Å². The Hall–Kier alpha value is -3.41. The Morgan fingerprint density at radius 2 is 1.72 bits per heavy atom. The zero-order chi connectivity index (χ0) is 22.9. The molecule has 2 N–H and O–H groups in total. The lowest BCUT2D eigenvalue weighted by molar-refractivity contribution is -0.599. The molecule has 7 nitrogen and oxygen atoms in total. The standard InChI is InChI=1S/C21H15F3N4O3S/c22-21(23,24)15-6-3-7-16(11-15)32(30,31)27-19-20(28-10-4-5-14(12-28)13-29)26-18-9-2-1-8-17(18)25-19/h1-12,29H,13H2/p+1. The molecule has 0 fully saturated rings. The van der Waals surface area contributed by atoms with Crippen molar-refractivity contribution in [1.29, 1.82) is 0 Å². The van der Waals surface area contributed by atoms with Crippen LogP contribution >= 0.6 is 0 Å². The average molecular weight is 461 g/mol. The van der Waals surface area contributed by atoms with Gasteiger partial charge in [0.05, 0.1) is 23.3 Å². The number of fused-ring (bicyclic) bond motifs is 1. The Kier molecular flexibility index (Phi) is 5.63. The summed E-state index contributed by atoms with van der Waals surface area (Å²) in [5.74, 6) is -0.165. The number of para-hydroxylation sites is 2. The Balaban J connectivity index is 1.95. The van der Waals surface area contributed by atoms with Crippen LogP contribution in [0, 0.1) is 0 Å². The summed E-state index contributed by atoms with van der Waals surface area (Å²) in [6.07, 6.45) is -1.55. The van der Waals surface area contributed by atoms with Crippen LogP contribution in [0.1, 0.15) is 11.1 Å². The highest BCUT2D eigenvalue weighted by Gasteiger charge is 2.31. The number of benzene rings is 2. The number of pyridine rings is 1. The second-order valence-electron chi connectivity index (χ2n) is 6.75. The average Bonchev–Trinajstić information content (AvgIpc) is 2.78. The van der Waals surface area contributed by atoms with Crippen LogP contribution in [0.4, 0.5) is 19.0 Å². The van der Waals surface area contributed by atoms with Crippen LogP contribution in [0.15, 0.2) is 82.3 Å². The summed E-state index contributed by atoms with van der Waals surface area (Å²) >= 11 is 0. The molecule has 4 rings (SSSR count). The third-order valence-corrected chi connectivity index (χ3v) is 5.79. The Labute approximate surface area is 180 Å². The molecule has 0 radical (unpaired) electrons. The fraction of sp³-hybridized carbons (Fsp3) is 0.0952. The van der Waals surface area contributed by atoms with E-state index in [0.29, 0.717) is 22.7 Å². The highest BCUT2D eigenvalue weighted by atomic mass is 32.2. The summed E-state index contributed by atoms with van der Waals surface area (Å²) in [6, 6.07) is 13.6. The van der Waals surface area contributed by atoms with Crippen LogP contribution in [0.2, 0.25) is 0 Å². The second kappa shape index (κ2) is 8.26. The van der Waals surface area contributed by atoms with Crippen molar-refractivity contribution in [3.8, 4) is 5.82 Å². The zero-order valence-electron chi connectivity index (χ0n) is 16.3. The molecule has 0 aliphatic carbocycles. The monoisotopic (exact) mass is 461 g/mol. The molecule has 0 spiro atoms. The number of halogens is 3. The van der Waals surface area contributed by atoms with Gasteiger partial charge in [0.2, 0.25) is 5.52 Å². The van der Waals surface area contributed by atoms with Gasteiger partial charge in [0.1, 0.15) is 11.7 Å². The topological polar surface area (TPSA) is 99.5 Å². The lowest BCUT2D eigenvalue weighted by atomic mass is 10.2. The second-order valence-corrected chi connectivity index (χ2v) is 8.40. The van der Waals surface area contributed by atoms with Crippen molar-refractivity contribution in [3.05, 3.63) is 84.2 Å². The van der Waals surface area contributed by atoms with Gasteiger partial charge in [0, 0.05) is 5.56 Å². The van der Waals surface area contributed by atoms with Crippen LogP contribution in [-0.2, 0) is 22.8 Å². The van der Waals surface area contributed by atoms with Crippen LogP contribution in [-0.4, -0.2) is 23.8 Å². The Morgan fingerprint density at radius 3 is 2.41 bits per heavy atom. The molecule has 0 bridgehead atoms. The van der Waals surface area contributed by atoms with Gasteiger partial charge < -0.3 is 5.11 Å². The molecule has 0 aliphatic heterocycles. The number of aliphatic hydroxyl groups is 1. The smallest absolute Gasteiger partial charge is 0.392 e.